The van der Waals surface area contributed by atoms with E-state index in [4.69, 9.17) is 10.5 Å². The molecule has 0 bridgehead atoms. The fraction of sp³-hybridized carbons (Fsp3) is 0.370. The molecule has 2 amide bonds. The Hall–Kier alpha value is -4.48. The number of benzene rings is 1. The van der Waals surface area contributed by atoms with Crippen molar-refractivity contribution in [3.05, 3.63) is 70.2 Å². The maximum Gasteiger partial charge on any atom is 0.407 e. The Morgan fingerprint density at radius 3 is 2.69 bits per heavy atom. The van der Waals surface area contributed by atoms with Gasteiger partial charge in [0.2, 0.25) is 5.91 Å². The van der Waals surface area contributed by atoms with Crippen LogP contribution in [0.5, 0.6) is 5.75 Å². The van der Waals surface area contributed by atoms with Crippen LogP contribution < -0.4 is 21.3 Å². The molecule has 2 heterocycles. The quantitative estimate of drug-likeness (QED) is 0.315. The van der Waals surface area contributed by atoms with Crippen LogP contribution in [0.2, 0.25) is 0 Å². The van der Waals surface area contributed by atoms with E-state index in [1.54, 1.807) is 12.3 Å². The molecule has 0 saturated carbocycles. The molecular formula is C27H32FN5O6. The predicted molar refractivity (Wildman–Crippen MR) is 142 cm³/mol. The van der Waals surface area contributed by atoms with Gasteiger partial charge in [0.1, 0.15) is 22.8 Å². The van der Waals surface area contributed by atoms with Crippen molar-refractivity contribution in [3.8, 4) is 5.75 Å². The number of nitrogens with two attached hydrogens (primary N) is 1. The normalized spacial score (nSPS) is 12.4. The molecule has 12 heteroatoms. The highest BCUT2D eigenvalue weighted by Gasteiger charge is 2.22. The average molecular weight is 542 g/mol. The number of methoxy groups -OCH3 is 1. The van der Waals surface area contributed by atoms with Gasteiger partial charge in [-0.2, -0.15) is 0 Å². The van der Waals surface area contributed by atoms with Crippen LogP contribution in [0.3, 0.4) is 0 Å². The summed E-state index contributed by atoms with van der Waals surface area (Å²) in [7, 11) is 1.17. The van der Waals surface area contributed by atoms with Crippen molar-refractivity contribution in [1.29, 1.82) is 0 Å². The SMILES string of the molecule is COC(=O)N[C@@H](CC/C=C/C(N)=O)C(=O)Cc1cccn(Cc2nc3c(OC(C)(C)C)cc(F)cc3[nH]2)c1=O. The van der Waals surface area contributed by atoms with Gasteiger partial charge in [-0.15, -0.1) is 0 Å². The molecule has 4 N–H and O–H groups in total. The number of primary amides is 1. The molecule has 0 unspecified atom stereocenters. The Balaban J connectivity index is 1.81. The second-order valence-corrected chi connectivity index (χ2v) is 9.88. The summed E-state index contributed by atoms with van der Waals surface area (Å²) in [5.41, 5.74) is 5.14. The maximum atomic E-state index is 14.2. The topological polar surface area (TPSA) is 158 Å². The number of Topliss-reactive ketones (excluding diaryl/α,β-unsaturated/α-hetero) is 1. The molecule has 39 heavy (non-hydrogen) atoms. The minimum Gasteiger partial charge on any atom is -0.486 e. The highest BCUT2D eigenvalue weighted by atomic mass is 19.1. The zero-order valence-corrected chi connectivity index (χ0v) is 22.2. The Kier molecular flexibility index (Phi) is 9.23. The number of rotatable bonds is 11. The zero-order chi connectivity index (χ0) is 28.7. The minimum atomic E-state index is -0.950. The number of carbonyl (C=O) groups is 3. The Morgan fingerprint density at radius 1 is 1.28 bits per heavy atom. The number of allylic oxidation sites excluding steroid dienone is 1. The summed E-state index contributed by atoms with van der Waals surface area (Å²) in [5.74, 6) is -0.857. The van der Waals surface area contributed by atoms with Crippen LogP contribution in [0.4, 0.5) is 9.18 Å². The van der Waals surface area contributed by atoms with E-state index in [0.29, 0.717) is 16.9 Å². The van der Waals surface area contributed by atoms with Crippen molar-refractivity contribution >= 4 is 28.8 Å². The highest BCUT2D eigenvalue weighted by molar-refractivity contribution is 5.89. The van der Waals surface area contributed by atoms with Crippen LogP contribution >= 0.6 is 0 Å². The fourth-order valence-electron chi connectivity index (χ4n) is 3.88. The monoisotopic (exact) mass is 541 g/mol. The highest BCUT2D eigenvalue weighted by Crippen LogP contribution is 2.28. The standard InChI is InChI=1S/C27H32FN5O6/c1-27(2,3)39-21-14-17(28)13-19-24(21)32-23(30-19)15-33-11-7-8-16(25(33)36)12-20(34)18(31-26(37)38-4)9-5-6-10-22(29)35/h6-8,10-11,13-14,18H,5,9,12,15H2,1-4H3,(H2,29,35)(H,30,32)(H,31,37)/b10-6+/t18-/m0/s1. The number of nitrogens with zero attached hydrogens (tertiary/aromatic N) is 2. The first-order valence-corrected chi connectivity index (χ1v) is 12.2. The minimum absolute atomic E-state index is 0.0356. The third kappa shape index (κ3) is 8.25. The van der Waals surface area contributed by atoms with Gasteiger partial charge in [-0.3, -0.25) is 14.4 Å². The third-order valence-corrected chi connectivity index (χ3v) is 5.54. The molecule has 1 aromatic carbocycles. The van der Waals surface area contributed by atoms with Gasteiger partial charge in [-0.25, -0.2) is 14.2 Å². The maximum absolute atomic E-state index is 14.2. The summed E-state index contributed by atoms with van der Waals surface area (Å²) >= 11 is 0. The van der Waals surface area contributed by atoms with Crippen molar-refractivity contribution in [3.63, 3.8) is 0 Å². The number of alkyl carbamates (subject to hydrolysis) is 1. The number of pyridine rings is 1. The molecule has 11 nitrogen and oxygen atoms in total. The summed E-state index contributed by atoms with van der Waals surface area (Å²) in [4.78, 5) is 56.4. The number of H-pyrrole nitrogens is 1. The molecule has 3 rings (SSSR count). The van der Waals surface area contributed by atoms with E-state index in [9.17, 15) is 23.6 Å². The smallest absolute Gasteiger partial charge is 0.407 e. The van der Waals surface area contributed by atoms with Crippen molar-refractivity contribution in [2.24, 2.45) is 5.73 Å². The number of ketones is 1. The number of halogens is 1. The number of amides is 2. The van der Waals surface area contributed by atoms with E-state index in [1.807, 2.05) is 20.8 Å². The lowest BCUT2D eigenvalue weighted by Crippen LogP contribution is -2.42. The number of carbonyl (C=O) groups excluding carboxylic acids is 3. The number of aromatic nitrogens is 3. The average Bonchev–Trinajstić information content (AvgIpc) is 3.24. The molecule has 0 spiro atoms. The number of aromatic amines is 1. The summed E-state index contributed by atoms with van der Waals surface area (Å²) in [6.07, 6.45) is 3.63. The Bertz CT molecular complexity index is 1450. The molecule has 0 radical (unpaired) electrons. The van der Waals surface area contributed by atoms with Gasteiger partial charge in [0.25, 0.3) is 5.56 Å². The first-order chi connectivity index (χ1) is 18.4. The van der Waals surface area contributed by atoms with Crippen LogP contribution in [-0.4, -0.2) is 51.1 Å². The summed E-state index contributed by atoms with van der Waals surface area (Å²) in [5, 5.41) is 2.46. The van der Waals surface area contributed by atoms with Gasteiger partial charge in [-0.05, 0) is 51.8 Å². The predicted octanol–water partition coefficient (Wildman–Crippen LogP) is 2.75. The molecule has 208 valence electrons. The number of hydrogen-bond donors (Lipinski definition) is 3. The summed E-state index contributed by atoms with van der Waals surface area (Å²) in [6, 6.07) is 4.77. The van der Waals surface area contributed by atoms with Crippen LogP contribution in [-0.2, 0) is 27.3 Å². The van der Waals surface area contributed by atoms with Gasteiger partial charge in [0, 0.05) is 24.2 Å². The molecule has 0 aliphatic rings. The number of ether oxygens (including phenoxy) is 2. The van der Waals surface area contributed by atoms with Crippen molar-refractivity contribution in [1.82, 2.24) is 19.9 Å². The van der Waals surface area contributed by atoms with E-state index < -0.39 is 40.8 Å². The van der Waals surface area contributed by atoms with Gasteiger partial charge >= 0.3 is 6.09 Å². The third-order valence-electron chi connectivity index (χ3n) is 5.54. The first-order valence-electron chi connectivity index (χ1n) is 12.2. The van der Waals surface area contributed by atoms with Gasteiger partial charge in [0.05, 0.1) is 25.2 Å². The number of imidazole rings is 1. The van der Waals surface area contributed by atoms with E-state index >= 15 is 0 Å². The van der Waals surface area contributed by atoms with Gasteiger partial charge < -0.3 is 30.1 Å². The van der Waals surface area contributed by atoms with Crippen LogP contribution in [0.15, 0.2) is 47.4 Å². The second-order valence-electron chi connectivity index (χ2n) is 9.88. The fourth-order valence-corrected chi connectivity index (χ4v) is 3.88. The van der Waals surface area contributed by atoms with E-state index in [1.165, 1.54) is 42.0 Å². The van der Waals surface area contributed by atoms with Crippen molar-refractivity contribution in [2.45, 2.75) is 58.2 Å². The molecule has 0 aliphatic heterocycles. The lowest BCUT2D eigenvalue weighted by Gasteiger charge is -2.21. The lowest BCUT2D eigenvalue weighted by molar-refractivity contribution is -0.120. The zero-order valence-electron chi connectivity index (χ0n) is 22.2. The van der Waals surface area contributed by atoms with Crippen molar-refractivity contribution in [2.75, 3.05) is 7.11 Å². The number of fused-ring (bicyclic) bond motifs is 1. The first kappa shape index (κ1) is 29.1. The largest absolute Gasteiger partial charge is 0.486 e. The van der Waals surface area contributed by atoms with Gasteiger partial charge in [0.15, 0.2) is 11.5 Å². The van der Waals surface area contributed by atoms with Crippen LogP contribution in [0.1, 0.15) is 45.0 Å². The van der Waals surface area contributed by atoms with Gasteiger partial charge in [-0.1, -0.05) is 12.1 Å². The van der Waals surface area contributed by atoms with E-state index in [-0.39, 0.29) is 37.1 Å². The number of nitrogens with one attached hydrogen (secondary N) is 2. The van der Waals surface area contributed by atoms with Crippen LogP contribution in [0.25, 0.3) is 11.0 Å². The lowest BCUT2D eigenvalue weighted by atomic mass is 10.0. The molecule has 0 fully saturated rings. The Labute approximate surface area is 224 Å². The molecule has 3 aromatic rings. The summed E-state index contributed by atoms with van der Waals surface area (Å²) < 4.78 is 26.0. The molecule has 2 aromatic heterocycles. The van der Waals surface area contributed by atoms with E-state index in [0.717, 1.165) is 0 Å². The van der Waals surface area contributed by atoms with Crippen LogP contribution in [0, 0.1) is 5.82 Å². The number of hydrogen-bond acceptors (Lipinski definition) is 7. The van der Waals surface area contributed by atoms with Crippen molar-refractivity contribution < 1.29 is 28.2 Å². The van der Waals surface area contributed by atoms with E-state index in [2.05, 4.69) is 20.0 Å². The summed E-state index contributed by atoms with van der Waals surface area (Å²) in [6.45, 7) is 5.56. The Morgan fingerprint density at radius 2 is 2.03 bits per heavy atom. The molecule has 0 saturated heterocycles. The molecule has 0 aliphatic carbocycles. The molecule has 1 atom stereocenters. The second kappa shape index (κ2) is 12.4. The molecular weight excluding hydrogens is 509 g/mol.